The minimum absolute atomic E-state index is 0.227. The summed E-state index contributed by atoms with van der Waals surface area (Å²) in [7, 11) is 0. The summed E-state index contributed by atoms with van der Waals surface area (Å²) >= 11 is 1.76. The van der Waals surface area contributed by atoms with Crippen LogP contribution in [0.3, 0.4) is 0 Å². The zero-order valence-corrected chi connectivity index (χ0v) is 9.57. The van der Waals surface area contributed by atoms with Crippen LogP contribution in [0.2, 0.25) is 0 Å². The largest absolute Gasteiger partial charge is 0.306 e. The van der Waals surface area contributed by atoms with Gasteiger partial charge in [0.25, 0.3) is 0 Å². The van der Waals surface area contributed by atoms with Gasteiger partial charge in [-0.3, -0.25) is 4.79 Å². The first-order chi connectivity index (χ1) is 5.96. The van der Waals surface area contributed by atoms with E-state index in [1.54, 1.807) is 11.8 Å². The Morgan fingerprint density at radius 2 is 2.15 bits per heavy atom. The fraction of sp³-hybridized carbons (Fsp3) is 0.700. The van der Waals surface area contributed by atoms with Crippen LogP contribution in [-0.2, 0) is 4.79 Å². The van der Waals surface area contributed by atoms with Gasteiger partial charge in [-0.1, -0.05) is 26.8 Å². The van der Waals surface area contributed by atoms with Crippen LogP contribution in [0.15, 0.2) is 11.1 Å². The van der Waals surface area contributed by atoms with Crippen molar-refractivity contribution < 1.29 is 4.79 Å². The smallest absolute Gasteiger partial charge is 0.232 e. The number of thioether (sulfide) groups is 1. The maximum atomic E-state index is 11.9. The maximum absolute atomic E-state index is 11.9. The van der Waals surface area contributed by atoms with Crippen molar-refractivity contribution >= 4 is 17.7 Å². The highest BCUT2D eigenvalue weighted by Gasteiger charge is 2.31. The standard InChI is InChI=1S/C10H17NOS/c1-5-8-11(6-7-13-8)9(12)10(2,3)4/h5H,6-7H2,1-4H3/b8-5+. The summed E-state index contributed by atoms with van der Waals surface area (Å²) in [6, 6.07) is 0. The molecule has 0 atom stereocenters. The van der Waals surface area contributed by atoms with Crippen molar-refractivity contribution in [2.45, 2.75) is 27.7 Å². The molecule has 2 nitrogen and oxygen atoms in total. The second-order valence-corrected chi connectivity index (χ2v) is 5.30. The van der Waals surface area contributed by atoms with Crippen molar-refractivity contribution in [3.63, 3.8) is 0 Å². The van der Waals surface area contributed by atoms with Gasteiger partial charge in [0.05, 0.1) is 5.03 Å². The molecule has 0 aliphatic carbocycles. The molecular formula is C10H17NOS. The molecule has 0 spiro atoms. The Labute approximate surface area is 84.4 Å². The Morgan fingerprint density at radius 1 is 1.54 bits per heavy atom. The highest BCUT2D eigenvalue weighted by molar-refractivity contribution is 8.03. The minimum Gasteiger partial charge on any atom is -0.306 e. The first-order valence-corrected chi connectivity index (χ1v) is 5.56. The van der Waals surface area contributed by atoms with Crippen molar-refractivity contribution in [3.8, 4) is 0 Å². The second kappa shape index (κ2) is 3.74. The number of carbonyl (C=O) groups excluding carboxylic acids is 1. The second-order valence-electron chi connectivity index (χ2n) is 4.18. The SMILES string of the molecule is C/C=C1/SCCN1C(=O)C(C)(C)C. The highest BCUT2D eigenvalue weighted by atomic mass is 32.2. The molecule has 0 aromatic heterocycles. The third-order valence-electron chi connectivity index (χ3n) is 1.96. The van der Waals surface area contributed by atoms with E-state index in [1.165, 1.54) is 0 Å². The van der Waals surface area contributed by atoms with Crippen molar-refractivity contribution in [2.75, 3.05) is 12.3 Å². The minimum atomic E-state index is -0.265. The lowest BCUT2D eigenvalue weighted by molar-refractivity contribution is -0.136. The number of amides is 1. The summed E-state index contributed by atoms with van der Waals surface area (Å²) in [5.74, 6) is 1.26. The summed E-state index contributed by atoms with van der Waals surface area (Å²) in [6.07, 6.45) is 2.02. The number of allylic oxidation sites excluding steroid dienone is 1. The van der Waals surface area contributed by atoms with E-state index in [0.29, 0.717) is 0 Å². The van der Waals surface area contributed by atoms with E-state index < -0.39 is 0 Å². The van der Waals surface area contributed by atoms with E-state index in [9.17, 15) is 4.79 Å². The van der Waals surface area contributed by atoms with E-state index >= 15 is 0 Å². The Bertz CT molecular complexity index is 240. The van der Waals surface area contributed by atoms with Crippen LogP contribution >= 0.6 is 11.8 Å². The van der Waals surface area contributed by atoms with Gasteiger partial charge < -0.3 is 4.90 Å². The van der Waals surface area contributed by atoms with Crippen LogP contribution in [0.1, 0.15) is 27.7 Å². The molecule has 1 heterocycles. The molecule has 0 N–H and O–H groups in total. The third kappa shape index (κ3) is 2.27. The lowest BCUT2D eigenvalue weighted by atomic mass is 9.95. The number of carbonyl (C=O) groups is 1. The molecular weight excluding hydrogens is 182 g/mol. The summed E-state index contributed by atoms with van der Waals surface area (Å²) in [5, 5.41) is 1.11. The fourth-order valence-electron chi connectivity index (χ4n) is 1.28. The van der Waals surface area contributed by atoms with Crippen LogP contribution < -0.4 is 0 Å². The number of hydrogen-bond donors (Lipinski definition) is 0. The fourth-order valence-corrected chi connectivity index (χ4v) is 2.25. The zero-order valence-electron chi connectivity index (χ0n) is 8.76. The van der Waals surface area contributed by atoms with Gasteiger partial charge in [-0.2, -0.15) is 0 Å². The molecule has 0 saturated carbocycles. The van der Waals surface area contributed by atoms with Gasteiger partial charge in [-0.15, -0.1) is 11.8 Å². The summed E-state index contributed by atoms with van der Waals surface area (Å²) in [5.41, 5.74) is -0.265. The molecule has 13 heavy (non-hydrogen) atoms. The molecule has 74 valence electrons. The summed E-state index contributed by atoms with van der Waals surface area (Å²) < 4.78 is 0. The first kappa shape index (κ1) is 10.6. The van der Waals surface area contributed by atoms with Crippen molar-refractivity contribution in [2.24, 2.45) is 5.41 Å². The Hall–Kier alpha value is -0.440. The highest BCUT2D eigenvalue weighted by Crippen LogP contribution is 2.31. The van der Waals surface area contributed by atoms with Gasteiger partial charge in [0, 0.05) is 17.7 Å². The molecule has 1 aliphatic rings. The van der Waals surface area contributed by atoms with E-state index in [4.69, 9.17) is 0 Å². The van der Waals surface area contributed by atoms with Gasteiger partial charge in [-0.05, 0) is 6.92 Å². The first-order valence-electron chi connectivity index (χ1n) is 4.58. The van der Waals surface area contributed by atoms with E-state index in [-0.39, 0.29) is 11.3 Å². The zero-order chi connectivity index (χ0) is 10.1. The summed E-state index contributed by atoms with van der Waals surface area (Å²) in [6.45, 7) is 8.74. The van der Waals surface area contributed by atoms with Crippen LogP contribution in [0.5, 0.6) is 0 Å². The average Bonchev–Trinajstić information content (AvgIpc) is 2.48. The molecule has 0 aromatic rings. The van der Waals surface area contributed by atoms with Gasteiger partial charge in [0.2, 0.25) is 5.91 Å². The van der Waals surface area contributed by atoms with E-state index in [1.807, 2.05) is 38.7 Å². The van der Waals surface area contributed by atoms with E-state index in [0.717, 1.165) is 17.3 Å². The maximum Gasteiger partial charge on any atom is 0.232 e. The van der Waals surface area contributed by atoms with Crippen LogP contribution in [-0.4, -0.2) is 23.1 Å². The Balaban J connectivity index is 2.78. The lowest BCUT2D eigenvalue weighted by Crippen LogP contribution is -2.36. The van der Waals surface area contributed by atoms with Crippen LogP contribution in [0.4, 0.5) is 0 Å². The molecule has 0 bridgehead atoms. The molecule has 0 aromatic carbocycles. The van der Waals surface area contributed by atoms with Crippen molar-refractivity contribution in [3.05, 3.63) is 11.1 Å². The lowest BCUT2D eigenvalue weighted by Gasteiger charge is -2.25. The predicted molar refractivity (Wildman–Crippen MR) is 57.4 cm³/mol. The molecule has 0 unspecified atom stereocenters. The predicted octanol–water partition coefficient (Wildman–Crippen LogP) is 2.47. The van der Waals surface area contributed by atoms with Crippen LogP contribution in [0.25, 0.3) is 0 Å². The molecule has 1 saturated heterocycles. The Kier molecular flexibility index (Phi) is 3.06. The number of nitrogens with zero attached hydrogens (tertiary/aromatic N) is 1. The number of hydrogen-bond acceptors (Lipinski definition) is 2. The molecule has 3 heteroatoms. The molecule has 0 radical (unpaired) electrons. The Morgan fingerprint density at radius 3 is 2.62 bits per heavy atom. The molecule has 1 amide bonds. The summed E-state index contributed by atoms with van der Waals surface area (Å²) in [4.78, 5) is 13.8. The number of rotatable bonds is 0. The topological polar surface area (TPSA) is 20.3 Å². The normalized spacial score (nSPS) is 21.2. The van der Waals surface area contributed by atoms with Crippen molar-refractivity contribution in [1.82, 2.24) is 4.90 Å². The molecule has 1 fully saturated rings. The van der Waals surface area contributed by atoms with Gasteiger partial charge in [0.1, 0.15) is 0 Å². The third-order valence-corrected chi connectivity index (χ3v) is 3.10. The van der Waals surface area contributed by atoms with Gasteiger partial charge >= 0.3 is 0 Å². The molecule has 1 aliphatic heterocycles. The van der Waals surface area contributed by atoms with Gasteiger partial charge in [-0.25, -0.2) is 0 Å². The quantitative estimate of drug-likeness (QED) is 0.597. The van der Waals surface area contributed by atoms with Crippen LogP contribution in [0, 0.1) is 5.41 Å². The van der Waals surface area contributed by atoms with Gasteiger partial charge in [0.15, 0.2) is 0 Å². The monoisotopic (exact) mass is 199 g/mol. The van der Waals surface area contributed by atoms with E-state index in [2.05, 4.69) is 0 Å². The van der Waals surface area contributed by atoms with Crippen molar-refractivity contribution in [1.29, 1.82) is 0 Å². The average molecular weight is 199 g/mol. The molecule has 1 rings (SSSR count).